The van der Waals surface area contributed by atoms with Crippen molar-refractivity contribution < 1.29 is 28.6 Å². The lowest BCUT2D eigenvalue weighted by molar-refractivity contribution is -0.232. The molecular weight excluding hydrogens is 734 g/mol. The molecule has 6 aliphatic carbocycles. The number of carbonyl (C=O) groups excluding carboxylic acids is 2. The van der Waals surface area contributed by atoms with E-state index >= 15 is 0 Å². The van der Waals surface area contributed by atoms with Crippen molar-refractivity contribution >= 4 is 23.4 Å². The van der Waals surface area contributed by atoms with Crippen molar-refractivity contribution in [2.75, 3.05) is 13.6 Å². The number of ketones is 1. The number of halogens is 1. The number of hydrogen-bond acceptors (Lipinski definition) is 6. The zero-order chi connectivity index (χ0) is 42.5. The Balaban J connectivity index is 1.27. The number of likely N-dealkylation sites (N-methyl/N-ethyl adjacent to an activating group) is 1. The first-order valence-corrected chi connectivity index (χ1v) is 22.2. The number of carboxylic acid groups (broad SMARTS) is 1. The predicted molar refractivity (Wildman–Crippen MR) is 225 cm³/mol. The van der Waals surface area contributed by atoms with Crippen LogP contribution >= 0.6 is 0 Å². The van der Waals surface area contributed by atoms with Gasteiger partial charge in [0.25, 0.3) is 5.56 Å². The summed E-state index contributed by atoms with van der Waals surface area (Å²) in [7, 11) is 1.91. The van der Waals surface area contributed by atoms with Gasteiger partial charge in [0, 0.05) is 35.8 Å². The highest BCUT2D eigenvalue weighted by molar-refractivity contribution is 6.02. The fraction of sp³-hybridized carbons (Fsp3) is 0.750. The number of Topliss-reactive ketones (excluding diaryl/α,β-unsaturated/α-hetero) is 1. The van der Waals surface area contributed by atoms with Gasteiger partial charge in [-0.25, -0.2) is 9.07 Å². The molecule has 3 unspecified atom stereocenters. The van der Waals surface area contributed by atoms with Gasteiger partial charge in [-0.3, -0.25) is 23.9 Å². The summed E-state index contributed by atoms with van der Waals surface area (Å²) in [5.41, 5.74) is 2.39. The molecule has 0 saturated heterocycles. The fourth-order valence-corrected chi connectivity index (χ4v) is 14.4. The van der Waals surface area contributed by atoms with Crippen molar-refractivity contribution in [1.82, 2.24) is 14.7 Å². The maximum atomic E-state index is 14.6. The highest BCUT2D eigenvalue weighted by Gasteiger charge is 2.71. The SMILES string of the molecule is CNCCn1c([C@@]23CC[C@]4(C)C(CC[C@@H]5C6(C)CC[C@H](OC(=O)CC(C)(C)C(=O)O)C(C)(C)[C@@H]6CCC54C)C2=C(C(C)C)C(=O)C3)c(C)c(=O)n1C1=CC[C@H](F)C=C1. The summed E-state index contributed by atoms with van der Waals surface area (Å²) in [5, 5.41) is 13.0. The molecule has 7 rings (SSSR count). The van der Waals surface area contributed by atoms with Crippen LogP contribution in [0, 0.1) is 57.7 Å². The van der Waals surface area contributed by atoms with Crippen molar-refractivity contribution in [3.05, 3.63) is 51.0 Å². The summed E-state index contributed by atoms with van der Waals surface area (Å²) < 4.78 is 24.4. The molecule has 58 heavy (non-hydrogen) atoms. The van der Waals surface area contributed by atoms with Gasteiger partial charge in [-0.1, -0.05) is 54.5 Å². The Bertz CT molecular complexity index is 2030. The van der Waals surface area contributed by atoms with Crippen LogP contribution in [0.1, 0.15) is 144 Å². The van der Waals surface area contributed by atoms with E-state index in [-0.39, 0.29) is 63.8 Å². The predicted octanol–water partition coefficient (Wildman–Crippen LogP) is 8.96. The van der Waals surface area contributed by atoms with Crippen LogP contribution in [-0.4, -0.2) is 58.1 Å². The van der Waals surface area contributed by atoms with Crippen LogP contribution in [0.15, 0.2) is 34.2 Å². The van der Waals surface area contributed by atoms with Crippen LogP contribution in [0.25, 0.3) is 5.70 Å². The standard InChI is InChI=1S/C48H70FN3O6/c1-28(2)38-33(53)26-48(40-29(3)41(55)52(51(40)25-24-50-11)31-14-12-30(49)13-15-31)23-22-46(9)32(39(38)48)16-17-35-45(8)20-19-36(58-37(54)27-43(4,5)42(56)57)44(6,7)34(45)18-21-47(35,46)10/h12,14-15,28,30,32,34-36,50H,13,16-27H2,1-11H3,(H,56,57)/t30-,32?,34+,35-,36+,45?,46-,47?,48-/m1/s1. The molecule has 9 atom stereocenters. The van der Waals surface area contributed by atoms with E-state index in [2.05, 4.69) is 58.5 Å². The zero-order valence-corrected chi connectivity index (χ0v) is 37.1. The molecule has 6 aliphatic rings. The maximum Gasteiger partial charge on any atom is 0.309 e. The van der Waals surface area contributed by atoms with Gasteiger partial charge < -0.3 is 15.2 Å². The fourth-order valence-electron chi connectivity index (χ4n) is 14.4. The molecule has 0 amide bonds. The van der Waals surface area contributed by atoms with Gasteiger partial charge in [0.15, 0.2) is 5.78 Å². The number of aliphatic carboxylic acids is 1. The Labute approximate surface area is 345 Å². The van der Waals surface area contributed by atoms with E-state index in [4.69, 9.17) is 4.74 Å². The molecule has 9 nitrogen and oxygen atoms in total. The molecule has 0 bridgehead atoms. The summed E-state index contributed by atoms with van der Waals surface area (Å²) in [5.74, 6) is -0.209. The van der Waals surface area contributed by atoms with Crippen LogP contribution in [0.3, 0.4) is 0 Å². The number of nitrogens with zero attached hydrogens (tertiary/aromatic N) is 2. The molecule has 10 heteroatoms. The number of carboxylic acids is 1. The summed E-state index contributed by atoms with van der Waals surface area (Å²) in [4.78, 5) is 54.1. The molecule has 0 radical (unpaired) electrons. The van der Waals surface area contributed by atoms with Gasteiger partial charge >= 0.3 is 11.9 Å². The second-order valence-electron chi connectivity index (χ2n) is 21.5. The van der Waals surface area contributed by atoms with Crippen LogP contribution in [-0.2, 0) is 31.1 Å². The number of nitrogens with one attached hydrogen (secondary N) is 1. The lowest BCUT2D eigenvalue weighted by atomic mass is 9.33. The van der Waals surface area contributed by atoms with E-state index in [9.17, 15) is 28.7 Å². The highest BCUT2D eigenvalue weighted by atomic mass is 19.1. The quantitative estimate of drug-likeness (QED) is 0.227. The number of aromatic nitrogens is 2. The third-order valence-corrected chi connectivity index (χ3v) is 17.5. The molecule has 0 aliphatic heterocycles. The lowest BCUT2D eigenvalue weighted by Crippen LogP contribution is -2.66. The maximum absolute atomic E-state index is 14.6. The Morgan fingerprint density at radius 2 is 1.71 bits per heavy atom. The number of alkyl halides is 1. The van der Waals surface area contributed by atoms with Crippen molar-refractivity contribution in [1.29, 1.82) is 0 Å². The topological polar surface area (TPSA) is 120 Å². The summed E-state index contributed by atoms with van der Waals surface area (Å²) in [6, 6.07) is 0. The summed E-state index contributed by atoms with van der Waals surface area (Å²) in [6.07, 6.45) is 11.7. The Hall–Kier alpha value is -3.27. The highest BCUT2D eigenvalue weighted by Crippen LogP contribution is 2.77. The van der Waals surface area contributed by atoms with Gasteiger partial charge in [0.2, 0.25) is 0 Å². The number of fused-ring (bicyclic) bond motifs is 7. The minimum absolute atomic E-state index is 0.00740. The molecule has 1 aromatic rings. The van der Waals surface area contributed by atoms with Gasteiger partial charge in [0.05, 0.1) is 29.8 Å². The second kappa shape index (κ2) is 14.4. The molecule has 4 saturated carbocycles. The average Bonchev–Trinajstić information content (AvgIpc) is 3.58. The minimum atomic E-state index is -1.19. The van der Waals surface area contributed by atoms with E-state index in [1.54, 1.807) is 24.6 Å². The van der Waals surface area contributed by atoms with Gasteiger partial charge in [-0.2, -0.15) is 0 Å². The number of rotatable bonds is 10. The molecule has 4 fully saturated rings. The monoisotopic (exact) mass is 804 g/mol. The number of esters is 1. The average molecular weight is 804 g/mol. The molecule has 0 aromatic carbocycles. The molecule has 1 aromatic heterocycles. The number of ether oxygens (including phenoxy) is 1. The molecule has 320 valence electrons. The smallest absolute Gasteiger partial charge is 0.309 e. The first-order valence-electron chi connectivity index (χ1n) is 22.2. The molecule has 1 heterocycles. The Morgan fingerprint density at radius 3 is 2.33 bits per heavy atom. The van der Waals surface area contributed by atoms with Crippen LogP contribution in [0.5, 0.6) is 0 Å². The zero-order valence-electron chi connectivity index (χ0n) is 37.1. The number of carbonyl (C=O) groups is 3. The summed E-state index contributed by atoms with van der Waals surface area (Å²) >= 11 is 0. The first kappa shape index (κ1) is 42.8. The minimum Gasteiger partial charge on any atom is -0.481 e. The number of hydrogen-bond donors (Lipinski definition) is 2. The Morgan fingerprint density at radius 1 is 1.00 bits per heavy atom. The van der Waals surface area contributed by atoms with Crippen molar-refractivity contribution in [2.24, 2.45) is 50.7 Å². The van der Waals surface area contributed by atoms with Crippen LogP contribution in [0.4, 0.5) is 4.39 Å². The van der Waals surface area contributed by atoms with E-state index in [0.29, 0.717) is 42.6 Å². The lowest BCUT2D eigenvalue weighted by Gasteiger charge is -2.72. The third kappa shape index (κ3) is 6.13. The largest absolute Gasteiger partial charge is 0.481 e. The molecular formula is C48H70FN3O6. The Kier molecular flexibility index (Phi) is 10.7. The van der Waals surface area contributed by atoms with E-state index in [0.717, 1.165) is 62.6 Å². The summed E-state index contributed by atoms with van der Waals surface area (Å²) in [6.45, 7) is 22.7. The normalized spacial score (nSPS) is 36.9. The second-order valence-corrected chi connectivity index (χ2v) is 21.5. The van der Waals surface area contributed by atoms with E-state index in [1.807, 2.05) is 20.0 Å². The van der Waals surface area contributed by atoms with Gasteiger partial charge in [-0.15, -0.1) is 0 Å². The van der Waals surface area contributed by atoms with E-state index in [1.165, 1.54) is 11.6 Å². The van der Waals surface area contributed by atoms with Crippen LogP contribution in [0.2, 0.25) is 0 Å². The first-order chi connectivity index (χ1) is 27.0. The third-order valence-electron chi connectivity index (χ3n) is 17.5. The van der Waals surface area contributed by atoms with Crippen molar-refractivity contribution in [2.45, 2.75) is 164 Å². The van der Waals surface area contributed by atoms with Crippen molar-refractivity contribution in [3.8, 4) is 0 Å². The molecule has 2 N–H and O–H groups in total. The molecule has 0 spiro atoms. The van der Waals surface area contributed by atoms with Gasteiger partial charge in [-0.05, 0) is 142 Å². The number of allylic oxidation sites excluding steroid dienone is 6. The van der Waals surface area contributed by atoms with Gasteiger partial charge in [0.1, 0.15) is 12.3 Å². The van der Waals surface area contributed by atoms with Crippen molar-refractivity contribution in [3.63, 3.8) is 0 Å². The van der Waals surface area contributed by atoms with Crippen LogP contribution < -0.4 is 10.9 Å². The van der Waals surface area contributed by atoms with E-state index < -0.39 is 28.9 Å².